The Morgan fingerprint density at radius 3 is 2.73 bits per heavy atom. The third-order valence-electron chi connectivity index (χ3n) is 3.17. The van der Waals surface area contributed by atoms with Crippen molar-refractivity contribution in [2.45, 2.75) is 18.9 Å². The van der Waals surface area contributed by atoms with Crippen molar-refractivity contribution in [3.05, 3.63) is 29.8 Å². The molecular weight excluding hydrogens is 208 g/mol. The normalized spacial score (nSPS) is 25.1. The van der Waals surface area contributed by atoms with Crippen molar-refractivity contribution in [1.29, 1.82) is 0 Å². The fourth-order valence-electron chi connectivity index (χ4n) is 2.10. The number of phenolic OH excluding ortho intramolecular Hbond substituents is 1. The smallest absolute Gasteiger partial charge is 0.121 e. The highest BCUT2D eigenvalue weighted by molar-refractivity contribution is 7.99. The van der Waals surface area contributed by atoms with Crippen LogP contribution in [0.3, 0.4) is 0 Å². The summed E-state index contributed by atoms with van der Waals surface area (Å²) in [5.41, 5.74) is -0.257. The second kappa shape index (κ2) is 4.06. The van der Waals surface area contributed by atoms with E-state index in [0.29, 0.717) is 5.56 Å². The van der Waals surface area contributed by atoms with E-state index in [0.717, 1.165) is 17.9 Å². The molecule has 1 aliphatic rings. The molecule has 2 N–H and O–H groups in total. The first-order valence-corrected chi connectivity index (χ1v) is 6.36. The third-order valence-corrected chi connectivity index (χ3v) is 4.34. The van der Waals surface area contributed by atoms with Crippen LogP contribution in [0.15, 0.2) is 24.3 Å². The molecule has 1 saturated heterocycles. The van der Waals surface area contributed by atoms with Gasteiger partial charge in [-0.1, -0.05) is 18.2 Å². The fraction of sp³-hybridized carbons (Fsp3) is 0.500. The van der Waals surface area contributed by atoms with Crippen LogP contribution in [0, 0.1) is 5.92 Å². The van der Waals surface area contributed by atoms with Crippen molar-refractivity contribution in [3.63, 3.8) is 0 Å². The van der Waals surface area contributed by atoms with E-state index in [-0.39, 0.29) is 11.7 Å². The molecule has 1 aromatic rings. The van der Waals surface area contributed by atoms with Crippen LogP contribution in [0.25, 0.3) is 0 Å². The van der Waals surface area contributed by atoms with E-state index >= 15 is 0 Å². The minimum absolute atomic E-state index is 0.194. The van der Waals surface area contributed by atoms with Gasteiger partial charge in [0.15, 0.2) is 0 Å². The molecule has 0 spiro atoms. The molecule has 1 aliphatic heterocycles. The lowest BCUT2D eigenvalue weighted by Crippen LogP contribution is -2.31. The Bertz CT molecular complexity index is 343. The van der Waals surface area contributed by atoms with Crippen LogP contribution in [0.2, 0.25) is 0 Å². The number of thioether (sulfide) groups is 1. The number of aromatic hydroxyl groups is 1. The van der Waals surface area contributed by atoms with Crippen molar-refractivity contribution < 1.29 is 10.2 Å². The van der Waals surface area contributed by atoms with Gasteiger partial charge < -0.3 is 10.2 Å². The minimum Gasteiger partial charge on any atom is -0.508 e. The van der Waals surface area contributed by atoms with E-state index in [2.05, 4.69) is 0 Å². The molecule has 2 unspecified atom stereocenters. The maximum Gasteiger partial charge on any atom is 0.121 e. The van der Waals surface area contributed by atoms with Crippen LogP contribution in [0.5, 0.6) is 5.75 Å². The maximum absolute atomic E-state index is 10.5. The highest BCUT2D eigenvalue weighted by Crippen LogP contribution is 2.41. The van der Waals surface area contributed by atoms with Gasteiger partial charge in [0, 0.05) is 11.5 Å². The zero-order valence-corrected chi connectivity index (χ0v) is 9.63. The Hall–Kier alpha value is -0.670. The summed E-state index contributed by atoms with van der Waals surface area (Å²) in [6, 6.07) is 7.06. The summed E-state index contributed by atoms with van der Waals surface area (Å²) in [6.45, 7) is 1.80. The minimum atomic E-state index is -0.908. The summed E-state index contributed by atoms with van der Waals surface area (Å²) in [7, 11) is 0. The van der Waals surface area contributed by atoms with Crippen LogP contribution < -0.4 is 0 Å². The molecule has 82 valence electrons. The Kier molecular flexibility index (Phi) is 2.94. The molecule has 0 amide bonds. The van der Waals surface area contributed by atoms with E-state index < -0.39 is 5.60 Å². The van der Waals surface area contributed by atoms with Gasteiger partial charge in [-0.05, 0) is 30.9 Å². The van der Waals surface area contributed by atoms with Crippen LogP contribution >= 0.6 is 11.8 Å². The van der Waals surface area contributed by atoms with E-state index in [1.54, 1.807) is 25.1 Å². The SMILES string of the molecule is CC(O)(c1ccccc1O)C1CCSC1. The van der Waals surface area contributed by atoms with E-state index in [9.17, 15) is 10.2 Å². The Morgan fingerprint density at radius 1 is 1.40 bits per heavy atom. The van der Waals surface area contributed by atoms with E-state index in [1.165, 1.54) is 0 Å². The molecule has 0 aliphatic carbocycles. The van der Waals surface area contributed by atoms with Crippen LogP contribution in [-0.2, 0) is 5.60 Å². The number of hydrogen-bond donors (Lipinski definition) is 2. The number of phenols is 1. The highest BCUT2D eigenvalue weighted by atomic mass is 32.2. The molecule has 2 rings (SSSR count). The highest BCUT2D eigenvalue weighted by Gasteiger charge is 2.37. The summed E-state index contributed by atoms with van der Waals surface area (Å²) in [6.07, 6.45) is 1.02. The molecule has 1 aromatic carbocycles. The zero-order chi connectivity index (χ0) is 10.9. The van der Waals surface area contributed by atoms with Crippen molar-refractivity contribution in [2.24, 2.45) is 5.92 Å². The van der Waals surface area contributed by atoms with Gasteiger partial charge in [-0.2, -0.15) is 11.8 Å². The predicted molar refractivity (Wildman–Crippen MR) is 63.1 cm³/mol. The van der Waals surface area contributed by atoms with Crippen molar-refractivity contribution >= 4 is 11.8 Å². The first kappa shape index (κ1) is 10.8. The average molecular weight is 224 g/mol. The largest absolute Gasteiger partial charge is 0.508 e. The molecule has 2 atom stereocenters. The molecule has 1 heterocycles. The molecule has 0 aromatic heterocycles. The topological polar surface area (TPSA) is 40.5 Å². The Balaban J connectivity index is 2.31. The van der Waals surface area contributed by atoms with Gasteiger partial charge in [0.25, 0.3) is 0 Å². The molecule has 0 radical (unpaired) electrons. The van der Waals surface area contributed by atoms with Gasteiger partial charge in [-0.3, -0.25) is 0 Å². The zero-order valence-electron chi connectivity index (χ0n) is 8.81. The van der Waals surface area contributed by atoms with E-state index in [4.69, 9.17) is 0 Å². The van der Waals surface area contributed by atoms with Gasteiger partial charge in [-0.15, -0.1) is 0 Å². The second-order valence-corrected chi connectivity index (χ2v) is 5.38. The standard InChI is InChI=1S/C12H16O2S/c1-12(14,9-6-7-15-8-9)10-4-2-3-5-11(10)13/h2-5,9,13-14H,6-8H2,1H3. The van der Waals surface area contributed by atoms with Crippen LogP contribution in [-0.4, -0.2) is 21.7 Å². The maximum atomic E-state index is 10.5. The molecular formula is C12H16O2S. The van der Waals surface area contributed by atoms with Crippen LogP contribution in [0.1, 0.15) is 18.9 Å². The lowest BCUT2D eigenvalue weighted by molar-refractivity contribution is 0.00277. The lowest BCUT2D eigenvalue weighted by Gasteiger charge is -2.30. The quantitative estimate of drug-likeness (QED) is 0.810. The summed E-state index contributed by atoms with van der Waals surface area (Å²) in [4.78, 5) is 0. The Labute approximate surface area is 94.3 Å². The van der Waals surface area contributed by atoms with Crippen molar-refractivity contribution in [3.8, 4) is 5.75 Å². The van der Waals surface area contributed by atoms with Crippen molar-refractivity contribution in [2.75, 3.05) is 11.5 Å². The Morgan fingerprint density at radius 2 is 2.13 bits per heavy atom. The summed E-state index contributed by atoms with van der Waals surface area (Å²) in [5.74, 6) is 2.52. The first-order chi connectivity index (χ1) is 7.12. The molecule has 1 fully saturated rings. The average Bonchev–Trinajstić information content (AvgIpc) is 2.71. The fourth-order valence-corrected chi connectivity index (χ4v) is 3.49. The number of hydrogen-bond acceptors (Lipinski definition) is 3. The second-order valence-electron chi connectivity index (χ2n) is 4.23. The first-order valence-electron chi connectivity index (χ1n) is 5.21. The molecule has 2 nitrogen and oxygen atoms in total. The van der Waals surface area contributed by atoms with Gasteiger partial charge in [0.05, 0.1) is 5.60 Å². The summed E-state index contributed by atoms with van der Waals surface area (Å²) in [5, 5.41) is 20.2. The molecule has 3 heteroatoms. The van der Waals surface area contributed by atoms with Gasteiger partial charge in [0.1, 0.15) is 5.75 Å². The third kappa shape index (κ3) is 1.99. The number of para-hydroxylation sites is 1. The van der Waals surface area contributed by atoms with Crippen molar-refractivity contribution in [1.82, 2.24) is 0 Å². The van der Waals surface area contributed by atoms with E-state index in [1.807, 2.05) is 17.8 Å². The summed E-state index contributed by atoms with van der Waals surface area (Å²) < 4.78 is 0. The molecule has 0 bridgehead atoms. The predicted octanol–water partition coefficient (Wildman–Crippen LogP) is 2.35. The van der Waals surface area contributed by atoms with Crippen LogP contribution in [0.4, 0.5) is 0 Å². The lowest BCUT2D eigenvalue weighted by atomic mass is 9.82. The number of benzene rings is 1. The van der Waals surface area contributed by atoms with Gasteiger partial charge >= 0.3 is 0 Å². The van der Waals surface area contributed by atoms with Gasteiger partial charge in [0.2, 0.25) is 0 Å². The summed E-state index contributed by atoms with van der Waals surface area (Å²) >= 11 is 1.87. The molecule has 0 saturated carbocycles. The number of aliphatic hydroxyl groups is 1. The monoisotopic (exact) mass is 224 g/mol. The molecule has 15 heavy (non-hydrogen) atoms. The number of rotatable bonds is 2. The van der Waals surface area contributed by atoms with Gasteiger partial charge in [-0.25, -0.2) is 0 Å².